The van der Waals surface area contributed by atoms with Crippen LogP contribution in [0.5, 0.6) is 5.75 Å². The lowest BCUT2D eigenvalue weighted by atomic mass is 9.98. The van der Waals surface area contributed by atoms with Crippen LogP contribution < -0.4 is 15.8 Å². The highest BCUT2D eigenvalue weighted by atomic mass is 19.1. The molecule has 2 aromatic rings. The fourth-order valence-corrected chi connectivity index (χ4v) is 3.93. The average Bonchev–Trinajstić information content (AvgIpc) is 3.51. The number of nitrogens with one attached hydrogen (secondary N) is 1. The second kappa shape index (κ2) is 10.1. The molecule has 1 unspecified atom stereocenters. The minimum Gasteiger partial charge on any atom is -0.492 e. The molecule has 0 bridgehead atoms. The predicted molar refractivity (Wildman–Crippen MR) is 127 cm³/mol. The quantitative estimate of drug-likeness (QED) is 0.600. The van der Waals surface area contributed by atoms with Gasteiger partial charge in [0.2, 0.25) is 0 Å². The molecule has 33 heavy (non-hydrogen) atoms. The third kappa shape index (κ3) is 5.96. The maximum Gasteiger partial charge on any atom is 0.254 e. The maximum atomic E-state index is 14.5. The Hall–Kier alpha value is -3.26. The lowest BCUT2D eigenvalue weighted by Gasteiger charge is -2.12. The number of nitrogens with zero attached hydrogens (tertiary/aromatic N) is 3. The number of amides is 1. The molecule has 1 aromatic heterocycles. The van der Waals surface area contributed by atoms with Gasteiger partial charge < -0.3 is 20.7 Å². The Morgan fingerprint density at radius 1 is 1.30 bits per heavy atom. The number of carbonyl (C=O) groups is 1. The van der Waals surface area contributed by atoms with Crippen molar-refractivity contribution in [3.05, 3.63) is 59.3 Å². The molecule has 2 fully saturated rings. The van der Waals surface area contributed by atoms with E-state index < -0.39 is 11.7 Å². The van der Waals surface area contributed by atoms with Gasteiger partial charge in [0, 0.05) is 42.6 Å². The Bertz CT molecular complexity index is 1080. The Morgan fingerprint density at radius 2 is 2.12 bits per heavy atom. The van der Waals surface area contributed by atoms with E-state index in [1.54, 1.807) is 25.5 Å². The summed E-state index contributed by atoms with van der Waals surface area (Å²) in [6, 6.07) is 4.85. The number of allylic oxidation sites excluding steroid dienone is 1. The fourth-order valence-electron chi connectivity index (χ4n) is 3.93. The summed E-state index contributed by atoms with van der Waals surface area (Å²) in [7, 11) is 2.12. The highest BCUT2D eigenvalue weighted by molar-refractivity contribution is 6.11. The van der Waals surface area contributed by atoms with E-state index in [1.165, 1.54) is 18.3 Å². The van der Waals surface area contributed by atoms with Crippen LogP contribution in [0.2, 0.25) is 0 Å². The number of halogens is 1. The van der Waals surface area contributed by atoms with Crippen LogP contribution in [0.3, 0.4) is 0 Å². The van der Waals surface area contributed by atoms with Crippen molar-refractivity contribution in [2.45, 2.75) is 32.2 Å². The molecule has 0 radical (unpaired) electrons. The van der Waals surface area contributed by atoms with Gasteiger partial charge in [0.05, 0.1) is 30.3 Å². The molecule has 7 nitrogen and oxygen atoms in total. The lowest BCUT2D eigenvalue weighted by Crippen LogP contribution is -2.26. The minimum absolute atomic E-state index is 0.00451. The van der Waals surface area contributed by atoms with Crippen LogP contribution in [0.4, 0.5) is 10.1 Å². The topological polar surface area (TPSA) is 92.8 Å². The molecule has 1 atom stereocenters. The number of aromatic nitrogens is 1. The highest BCUT2D eigenvalue weighted by Crippen LogP contribution is 2.25. The first-order chi connectivity index (χ1) is 15.9. The van der Waals surface area contributed by atoms with Crippen molar-refractivity contribution >= 4 is 23.4 Å². The number of ether oxygens (including phenoxy) is 1. The van der Waals surface area contributed by atoms with Crippen molar-refractivity contribution in [1.82, 2.24) is 15.2 Å². The molecule has 1 saturated heterocycles. The summed E-state index contributed by atoms with van der Waals surface area (Å²) in [5.41, 5.74) is 8.36. The van der Waals surface area contributed by atoms with E-state index in [0.717, 1.165) is 32.4 Å². The van der Waals surface area contributed by atoms with Crippen LogP contribution in [0, 0.1) is 18.7 Å². The summed E-state index contributed by atoms with van der Waals surface area (Å²) >= 11 is 0. The molecule has 2 heterocycles. The molecule has 174 valence electrons. The van der Waals surface area contributed by atoms with Crippen molar-refractivity contribution in [3.63, 3.8) is 0 Å². The van der Waals surface area contributed by atoms with Gasteiger partial charge in [-0.25, -0.2) is 4.39 Å². The summed E-state index contributed by atoms with van der Waals surface area (Å²) in [5, 5.41) is 2.83. The van der Waals surface area contributed by atoms with Gasteiger partial charge >= 0.3 is 0 Å². The van der Waals surface area contributed by atoms with Crippen molar-refractivity contribution in [2.75, 3.05) is 26.7 Å². The highest BCUT2D eigenvalue weighted by Gasteiger charge is 2.25. The number of pyridine rings is 1. The van der Waals surface area contributed by atoms with Crippen LogP contribution in [0.1, 0.15) is 40.7 Å². The number of nitrogens with two attached hydrogens (primary N) is 1. The summed E-state index contributed by atoms with van der Waals surface area (Å²) in [6.45, 7) is 4.55. The molecule has 3 N–H and O–H groups in total. The SMILES string of the molecule is Cc1cc(F)c(C(=O)NC2CC2)cc1C(C=Nc1cncc(OCC2CCN(C)C2)c1)=CN. The van der Waals surface area contributed by atoms with Crippen LogP contribution >= 0.6 is 0 Å². The number of rotatable bonds is 8. The second-order valence-electron chi connectivity index (χ2n) is 8.88. The van der Waals surface area contributed by atoms with Crippen molar-refractivity contribution in [3.8, 4) is 5.75 Å². The number of aryl methyl sites for hydroxylation is 1. The molecule has 1 aliphatic carbocycles. The number of carbonyl (C=O) groups excluding carboxylic acids is 1. The first-order valence-corrected chi connectivity index (χ1v) is 11.3. The van der Waals surface area contributed by atoms with E-state index in [0.29, 0.717) is 40.7 Å². The van der Waals surface area contributed by atoms with Gasteiger partial charge in [-0.2, -0.15) is 0 Å². The zero-order valence-corrected chi connectivity index (χ0v) is 19.1. The lowest BCUT2D eigenvalue weighted by molar-refractivity contribution is 0.0947. The normalized spacial score (nSPS) is 19.2. The van der Waals surface area contributed by atoms with Gasteiger partial charge in [0.1, 0.15) is 11.6 Å². The smallest absolute Gasteiger partial charge is 0.254 e. The molecule has 1 saturated carbocycles. The Balaban J connectivity index is 1.47. The first kappa shape index (κ1) is 22.9. The monoisotopic (exact) mass is 451 g/mol. The third-order valence-corrected chi connectivity index (χ3v) is 5.99. The summed E-state index contributed by atoms with van der Waals surface area (Å²) in [6.07, 6.45) is 9.29. The van der Waals surface area contributed by atoms with Crippen molar-refractivity contribution in [1.29, 1.82) is 0 Å². The van der Waals surface area contributed by atoms with Gasteiger partial charge in [0.15, 0.2) is 0 Å². The van der Waals surface area contributed by atoms with Crippen molar-refractivity contribution in [2.24, 2.45) is 16.6 Å². The van der Waals surface area contributed by atoms with E-state index in [2.05, 4.69) is 27.2 Å². The molecule has 4 rings (SSSR count). The molecule has 1 aliphatic heterocycles. The van der Waals surface area contributed by atoms with E-state index in [1.807, 2.05) is 6.07 Å². The number of benzene rings is 1. The molecular formula is C25H30FN5O2. The maximum absolute atomic E-state index is 14.5. The van der Waals surface area contributed by atoms with Gasteiger partial charge in [-0.3, -0.25) is 14.8 Å². The van der Waals surface area contributed by atoms with Gasteiger partial charge in [0.25, 0.3) is 5.91 Å². The standard InChI is InChI=1S/C25H30FN5O2/c1-16-7-24(26)23(25(32)30-19-3-4-19)9-22(16)18(10-27)11-29-20-8-21(13-28-12-20)33-15-17-5-6-31(2)14-17/h7-13,17,19H,3-6,14-15,27H2,1-2H3,(H,30,32). The first-order valence-electron chi connectivity index (χ1n) is 11.3. The van der Waals surface area contributed by atoms with Crippen LogP contribution in [-0.4, -0.2) is 54.8 Å². The number of aliphatic imine (C=N–C) groups is 1. The predicted octanol–water partition coefficient (Wildman–Crippen LogP) is 3.45. The van der Waals surface area contributed by atoms with Gasteiger partial charge in [-0.15, -0.1) is 0 Å². The molecule has 2 aliphatic rings. The Kier molecular flexibility index (Phi) is 7.03. The molecular weight excluding hydrogens is 421 g/mol. The zero-order valence-electron chi connectivity index (χ0n) is 19.1. The molecule has 1 amide bonds. The van der Waals surface area contributed by atoms with Crippen LogP contribution in [0.25, 0.3) is 5.57 Å². The molecule has 0 spiro atoms. The van der Waals surface area contributed by atoms with Gasteiger partial charge in [-0.1, -0.05) is 0 Å². The zero-order chi connectivity index (χ0) is 23.4. The third-order valence-electron chi connectivity index (χ3n) is 5.99. The van der Waals surface area contributed by atoms with E-state index in [-0.39, 0.29) is 11.6 Å². The molecule has 1 aromatic carbocycles. The largest absolute Gasteiger partial charge is 0.492 e. The van der Waals surface area contributed by atoms with Crippen LogP contribution in [0.15, 0.2) is 41.8 Å². The summed E-state index contributed by atoms with van der Waals surface area (Å²) in [4.78, 5) is 23.4. The van der Waals surface area contributed by atoms with Gasteiger partial charge in [-0.05, 0) is 63.0 Å². The summed E-state index contributed by atoms with van der Waals surface area (Å²) < 4.78 is 20.4. The van der Waals surface area contributed by atoms with E-state index in [4.69, 9.17) is 10.5 Å². The Morgan fingerprint density at radius 3 is 2.82 bits per heavy atom. The number of hydrogen-bond acceptors (Lipinski definition) is 6. The van der Waals surface area contributed by atoms with Crippen molar-refractivity contribution < 1.29 is 13.9 Å². The molecule has 8 heteroatoms. The summed E-state index contributed by atoms with van der Waals surface area (Å²) in [5.74, 6) is 0.216. The number of likely N-dealkylation sites (tertiary alicyclic amines) is 1. The minimum atomic E-state index is -0.551. The Labute approximate surface area is 193 Å². The fraction of sp³-hybridized carbons (Fsp3) is 0.400. The number of hydrogen-bond donors (Lipinski definition) is 2. The van der Waals surface area contributed by atoms with E-state index in [9.17, 15) is 9.18 Å². The second-order valence-corrected chi connectivity index (χ2v) is 8.88. The average molecular weight is 452 g/mol. The van der Waals surface area contributed by atoms with Crippen LogP contribution in [-0.2, 0) is 0 Å². The van der Waals surface area contributed by atoms with E-state index >= 15 is 0 Å².